The molecule has 1 N–H and O–H groups in total. The van der Waals surface area contributed by atoms with Gasteiger partial charge < -0.3 is 19.1 Å². The Morgan fingerprint density at radius 1 is 0.929 bits per heavy atom. The van der Waals surface area contributed by atoms with E-state index in [1.165, 1.54) is 18.3 Å². The van der Waals surface area contributed by atoms with Crippen molar-refractivity contribution in [2.45, 2.75) is 32.0 Å². The molecular formula is C32H29F2N5O3. The van der Waals surface area contributed by atoms with Gasteiger partial charge in [0, 0.05) is 50.3 Å². The first-order valence-corrected chi connectivity index (χ1v) is 14.1. The highest BCUT2D eigenvalue weighted by molar-refractivity contribution is 5.93. The number of rotatable bonds is 7. The zero-order valence-electron chi connectivity index (χ0n) is 22.8. The van der Waals surface area contributed by atoms with Crippen LogP contribution in [0.25, 0.3) is 21.9 Å². The van der Waals surface area contributed by atoms with Crippen molar-refractivity contribution in [1.82, 2.24) is 19.0 Å². The van der Waals surface area contributed by atoms with Crippen LogP contribution in [-0.4, -0.2) is 56.3 Å². The highest BCUT2D eigenvalue weighted by Crippen LogP contribution is 2.38. The fourth-order valence-electron chi connectivity index (χ4n) is 6.00. The number of aromatic nitrogens is 3. The number of halogens is 2. The van der Waals surface area contributed by atoms with E-state index >= 15 is 4.39 Å². The number of nitrogens with zero attached hydrogens (tertiary/aromatic N) is 5. The van der Waals surface area contributed by atoms with E-state index < -0.39 is 17.2 Å². The molecule has 7 rings (SSSR count). The molecule has 1 aliphatic heterocycles. The minimum Gasteiger partial charge on any atom is -0.477 e. The molecule has 0 bridgehead atoms. The summed E-state index contributed by atoms with van der Waals surface area (Å²) < 4.78 is 33.3. The molecule has 2 aromatic heterocycles. The van der Waals surface area contributed by atoms with Gasteiger partial charge in [0.25, 0.3) is 0 Å². The van der Waals surface area contributed by atoms with Crippen molar-refractivity contribution < 1.29 is 18.7 Å². The lowest BCUT2D eigenvalue weighted by molar-refractivity contribution is 0.0695. The molecule has 3 heterocycles. The van der Waals surface area contributed by atoms with Gasteiger partial charge in [-0.2, -0.15) is 0 Å². The number of aromatic carboxylic acids is 1. The van der Waals surface area contributed by atoms with Crippen LogP contribution in [0.3, 0.4) is 0 Å². The minimum absolute atomic E-state index is 0.0962. The molecule has 0 unspecified atom stereocenters. The highest BCUT2D eigenvalue weighted by atomic mass is 19.1. The van der Waals surface area contributed by atoms with Crippen molar-refractivity contribution in [2.75, 3.05) is 31.1 Å². The van der Waals surface area contributed by atoms with Gasteiger partial charge in [0.05, 0.1) is 28.8 Å². The number of fused-ring (bicyclic) bond motifs is 2. The van der Waals surface area contributed by atoms with Gasteiger partial charge >= 0.3 is 5.97 Å². The van der Waals surface area contributed by atoms with Gasteiger partial charge in [-0.05, 0) is 54.8 Å². The molecule has 0 amide bonds. The molecule has 5 aromatic rings. The van der Waals surface area contributed by atoms with Crippen LogP contribution in [0.2, 0.25) is 0 Å². The summed E-state index contributed by atoms with van der Waals surface area (Å²) in [5.41, 5.74) is 2.71. The molecule has 42 heavy (non-hydrogen) atoms. The topological polar surface area (TPSA) is 83.6 Å². The second-order valence-corrected chi connectivity index (χ2v) is 11.1. The third-order valence-electron chi connectivity index (χ3n) is 8.31. The van der Waals surface area contributed by atoms with Gasteiger partial charge in [-0.25, -0.2) is 18.6 Å². The van der Waals surface area contributed by atoms with Crippen LogP contribution >= 0.6 is 0 Å². The number of imidazole rings is 1. The monoisotopic (exact) mass is 569 g/mol. The van der Waals surface area contributed by atoms with E-state index in [-0.39, 0.29) is 22.8 Å². The fourth-order valence-corrected chi connectivity index (χ4v) is 6.00. The van der Waals surface area contributed by atoms with Crippen LogP contribution in [0, 0.1) is 11.6 Å². The number of hydrogen-bond donors (Lipinski definition) is 1. The Hall–Kier alpha value is -4.57. The quantitative estimate of drug-likeness (QED) is 0.296. The Kier molecular flexibility index (Phi) is 6.50. The Morgan fingerprint density at radius 3 is 2.45 bits per heavy atom. The molecule has 1 aliphatic carbocycles. The SMILES string of the molecule is O=C(O)c1cn(C2CC2)c2cc(N3CCN(Cc4nc5ccccc5n4Cc4cccc(F)c4)CC3)c(F)cc2c1=O. The van der Waals surface area contributed by atoms with Gasteiger partial charge in [-0.1, -0.05) is 24.3 Å². The maximum absolute atomic E-state index is 15.4. The van der Waals surface area contributed by atoms with E-state index in [1.807, 2.05) is 39.8 Å². The molecule has 0 spiro atoms. The predicted octanol–water partition coefficient (Wildman–Crippen LogP) is 5.03. The fraction of sp³-hybridized carbons (Fsp3) is 0.281. The standard InChI is InChI=1S/C32H29F2N5O3/c33-21-5-3-4-20(14-21)17-39-27-7-2-1-6-26(27)35-30(39)19-36-10-12-37(13-11-36)29-16-28-23(15-25(29)34)31(40)24(32(41)42)18-38(28)22-8-9-22/h1-7,14-16,18,22H,8-13,17,19H2,(H,41,42). The van der Waals surface area contributed by atoms with E-state index in [1.54, 1.807) is 18.2 Å². The van der Waals surface area contributed by atoms with E-state index in [4.69, 9.17) is 4.98 Å². The van der Waals surface area contributed by atoms with Crippen molar-refractivity contribution in [3.63, 3.8) is 0 Å². The number of carbonyl (C=O) groups is 1. The molecule has 8 nitrogen and oxygen atoms in total. The lowest BCUT2D eigenvalue weighted by Crippen LogP contribution is -2.46. The van der Waals surface area contributed by atoms with Crippen LogP contribution in [0.15, 0.2) is 71.7 Å². The molecule has 0 radical (unpaired) electrons. The maximum atomic E-state index is 15.4. The van der Waals surface area contributed by atoms with Crippen molar-refractivity contribution in [2.24, 2.45) is 0 Å². The van der Waals surface area contributed by atoms with Gasteiger partial charge in [0.15, 0.2) is 0 Å². The van der Waals surface area contributed by atoms with Gasteiger partial charge in [-0.15, -0.1) is 0 Å². The Labute approximate surface area is 240 Å². The number of hydrogen-bond acceptors (Lipinski definition) is 5. The van der Waals surface area contributed by atoms with E-state index in [9.17, 15) is 19.1 Å². The first-order valence-electron chi connectivity index (χ1n) is 14.1. The van der Waals surface area contributed by atoms with Gasteiger partial charge in [0.1, 0.15) is 23.0 Å². The van der Waals surface area contributed by atoms with Crippen LogP contribution < -0.4 is 10.3 Å². The first kappa shape index (κ1) is 26.3. The summed E-state index contributed by atoms with van der Waals surface area (Å²) >= 11 is 0. The smallest absolute Gasteiger partial charge is 0.341 e. The summed E-state index contributed by atoms with van der Waals surface area (Å²) in [6.07, 6.45) is 3.19. The molecule has 1 saturated heterocycles. The molecule has 0 atom stereocenters. The highest BCUT2D eigenvalue weighted by Gasteiger charge is 2.29. The van der Waals surface area contributed by atoms with Crippen LogP contribution in [0.1, 0.15) is 40.6 Å². The summed E-state index contributed by atoms with van der Waals surface area (Å²) in [7, 11) is 0. The maximum Gasteiger partial charge on any atom is 0.341 e. The summed E-state index contributed by atoms with van der Waals surface area (Å²) in [5, 5.41) is 9.61. The number of carboxylic acid groups (broad SMARTS) is 1. The third-order valence-corrected chi connectivity index (χ3v) is 8.31. The van der Waals surface area contributed by atoms with E-state index in [0.717, 1.165) is 35.3 Å². The number of carboxylic acids is 1. The summed E-state index contributed by atoms with van der Waals surface area (Å²) in [4.78, 5) is 33.6. The lowest BCUT2D eigenvalue weighted by Gasteiger charge is -2.36. The minimum atomic E-state index is -1.30. The summed E-state index contributed by atoms with van der Waals surface area (Å²) in [6.45, 7) is 3.60. The number of para-hydroxylation sites is 2. The largest absolute Gasteiger partial charge is 0.477 e. The van der Waals surface area contributed by atoms with Gasteiger partial charge in [0.2, 0.25) is 5.43 Å². The van der Waals surface area contributed by atoms with E-state index in [0.29, 0.717) is 50.5 Å². The molecule has 3 aromatic carbocycles. The normalized spacial score (nSPS) is 16.0. The summed E-state index contributed by atoms with van der Waals surface area (Å²) in [6, 6.07) is 17.5. The molecule has 214 valence electrons. The van der Waals surface area contributed by atoms with Crippen molar-refractivity contribution >= 4 is 33.6 Å². The molecular weight excluding hydrogens is 540 g/mol. The average molecular weight is 570 g/mol. The van der Waals surface area contributed by atoms with Crippen molar-refractivity contribution in [3.05, 3.63) is 106 Å². The van der Waals surface area contributed by atoms with Crippen LogP contribution in [-0.2, 0) is 13.1 Å². The lowest BCUT2D eigenvalue weighted by atomic mass is 10.1. The molecule has 2 aliphatic rings. The summed E-state index contributed by atoms with van der Waals surface area (Å²) in [5.74, 6) is -1.23. The van der Waals surface area contributed by atoms with E-state index in [2.05, 4.69) is 9.47 Å². The number of pyridine rings is 1. The second-order valence-electron chi connectivity index (χ2n) is 11.1. The number of anilines is 1. The van der Waals surface area contributed by atoms with Gasteiger partial charge in [-0.3, -0.25) is 9.69 Å². The van der Waals surface area contributed by atoms with Crippen molar-refractivity contribution in [3.8, 4) is 0 Å². The first-order chi connectivity index (χ1) is 20.4. The second kappa shape index (κ2) is 10.4. The Bertz CT molecular complexity index is 1900. The molecule has 1 saturated carbocycles. The molecule has 2 fully saturated rings. The van der Waals surface area contributed by atoms with Crippen LogP contribution in [0.4, 0.5) is 14.5 Å². The third kappa shape index (κ3) is 4.81. The number of benzene rings is 3. The number of piperazine rings is 1. The van der Waals surface area contributed by atoms with Crippen LogP contribution in [0.5, 0.6) is 0 Å². The Morgan fingerprint density at radius 2 is 1.71 bits per heavy atom. The molecule has 10 heteroatoms. The predicted molar refractivity (Wildman–Crippen MR) is 156 cm³/mol. The van der Waals surface area contributed by atoms with Crippen molar-refractivity contribution in [1.29, 1.82) is 0 Å². The zero-order chi connectivity index (χ0) is 29.0. The Balaban J connectivity index is 1.13. The zero-order valence-corrected chi connectivity index (χ0v) is 22.8. The average Bonchev–Trinajstić information content (AvgIpc) is 3.77.